The Bertz CT molecular complexity index is 626. The van der Waals surface area contributed by atoms with E-state index in [-0.39, 0.29) is 11.7 Å². The van der Waals surface area contributed by atoms with Gasteiger partial charge in [-0.25, -0.2) is 4.39 Å². The van der Waals surface area contributed by atoms with Crippen LogP contribution in [0.3, 0.4) is 0 Å². The fourth-order valence-electron chi connectivity index (χ4n) is 3.13. The lowest BCUT2D eigenvalue weighted by atomic mass is 9.77. The van der Waals surface area contributed by atoms with Crippen molar-refractivity contribution in [1.29, 1.82) is 0 Å². The SMILES string of the molecule is Fc1cc(Cl)cc(C2CCNCC2c2cccc(Br)c2)c1. The van der Waals surface area contributed by atoms with Crippen LogP contribution < -0.4 is 5.32 Å². The molecule has 1 saturated heterocycles. The van der Waals surface area contributed by atoms with E-state index in [0.29, 0.717) is 10.9 Å². The van der Waals surface area contributed by atoms with Crippen molar-refractivity contribution >= 4 is 27.5 Å². The van der Waals surface area contributed by atoms with Crippen molar-refractivity contribution in [3.63, 3.8) is 0 Å². The van der Waals surface area contributed by atoms with E-state index in [9.17, 15) is 4.39 Å². The third kappa shape index (κ3) is 3.47. The minimum absolute atomic E-state index is 0.260. The van der Waals surface area contributed by atoms with E-state index in [0.717, 1.165) is 29.5 Å². The first-order chi connectivity index (χ1) is 10.1. The summed E-state index contributed by atoms with van der Waals surface area (Å²) < 4.78 is 14.7. The van der Waals surface area contributed by atoms with Crippen molar-refractivity contribution in [2.45, 2.75) is 18.3 Å². The van der Waals surface area contributed by atoms with Crippen molar-refractivity contribution in [2.24, 2.45) is 0 Å². The quantitative estimate of drug-likeness (QED) is 0.777. The zero-order valence-electron chi connectivity index (χ0n) is 11.5. The molecular formula is C17H16BrClFN. The van der Waals surface area contributed by atoms with Crippen LogP contribution in [0.5, 0.6) is 0 Å². The van der Waals surface area contributed by atoms with Gasteiger partial charge in [0, 0.05) is 22.0 Å². The van der Waals surface area contributed by atoms with Gasteiger partial charge in [-0.3, -0.25) is 0 Å². The molecule has 0 amide bonds. The molecular weight excluding hydrogens is 353 g/mol. The molecule has 0 saturated carbocycles. The van der Waals surface area contributed by atoms with Crippen LogP contribution in [0.4, 0.5) is 4.39 Å². The van der Waals surface area contributed by atoms with E-state index in [2.05, 4.69) is 33.4 Å². The van der Waals surface area contributed by atoms with Crippen molar-refractivity contribution in [2.75, 3.05) is 13.1 Å². The Kier molecular flexibility index (Phi) is 4.63. The molecule has 4 heteroatoms. The van der Waals surface area contributed by atoms with Gasteiger partial charge in [-0.2, -0.15) is 0 Å². The maximum atomic E-state index is 13.7. The van der Waals surface area contributed by atoms with Crippen molar-refractivity contribution < 1.29 is 4.39 Å². The van der Waals surface area contributed by atoms with Gasteiger partial charge in [0.25, 0.3) is 0 Å². The molecule has 2 atom stereocenters. The van der Waals surface area contributed by atoms with Crippen LogP contribution in [0.2, 0.25) is 5.02 Å². The van der Waals surface area contributed by atoms with Crippen LogP contribution in [0.1, 0.15) is 29.4 Å². The summed E-state index contributed by atoms with van der Waals surface area (Å²) in [6.07, 6.45) is 0.983. The summed E-state index contributed by atoms with van der Waals surface area (Å²) >= 11 is 9.55. The van der Waals surface area contributed by atoms with Gasteiger partial charge in [-0.1, -0.05) is 39.7 Å². The van der Waals surface area contributed by atoms with Gasteiger partial charge in [0.05, 0.1) is 0 Å². The molecule has 0 aromatic heterocycles. The topological polar surface area (TPSA) is 12.0 Å². The second-order valence-electron chi connectivity index (χ2n) is 5.46. The second-order valence-corrected chi connectivity index (χ2v) is 6.82. The van der Waals surface area contributed by atoms with Gasteiger partial charge in [-0.15, -0.1) is 0 Å². The predicted molar refractivity (Wildman–Crippen MR) is 88.5 cm³/mol. The minimum atomic E-state index is -0.260. The van der Waals surface area contributed by atoms with Crippen LogP contribution in [0, 0.1) is 5.82 Å². The molecule has 1 fully saturated rings. The van der Waals surface area contributed by atoms with Crippen LogP contribution in [0.15, 0.2) is 46.9 Å². The van der Waals surface area contributed by atoms with Crippen LogP contribution in [0.25, 0.3) is 0 Å². The van der Waals surface area contributed by atoms with E-state index < -0.39 is 0 Å². The van der Waals surface area contributed by atoms with Gasteiger partial charge in [0.1, 0.15) is 5.82 Å². The summed E-state index contributed by atoms with van der Waals surface area (Å²) in [5.74, 6) is 0.354. The number of nitrogens with one attached hydrogen (secondary N) is 1. The maximum absolute atomic E-state index is 13.7. The van der Waals surface area contributed by atoms with E-state index >= 15 is 0 Å². The Hall–Kier alpha value is -0.900. The minimum Gasteiger partial charge on any atom is -0.316 e. The van der Waals surface area contributed by atoms with Crippen molar-refractivity contribution in [3.05, 3.63) is 68.9 Å². The molecule has 0 aliphatic carbocycles. The zero-order chi connectivity index (χ0) is 14.8. The van der Waals surface area contributed by atoms with Gasteiger partial charge in [0.2, 0.25) is 0 Å². The molecule has 2 aromatic rings. The second kappa shape index (κ2) is 6.47. The first-order valence-corrected chi connectivity index (χ1v) is 8.23. The fraction of sp³-hybridized carbons (Fsp3) is 0.294. The first kappa shape index (κ1) is 15.0. The number of hydrogen-bond donors (Lipinski definition) is 1. The number of rotatable bonds is 2. The fourth-order valence-corrected chi connectivity index (χ4v) is 3.78. The van der Waals surface area contributed by atoms with Crippen molar-refractivity contribution in [1.82, 2.24) is 5.32 Å². The lowest BCUT2D eigenvalue weighted by molar-refractivity contribution is 0.403. The largest absolute Gasteiger partial charge is 0.316 e. The normalized spacial score (nSPS) is 22.2. The molecule has 1 N–H and O–H groups in total. The van der Waals surface area contributed by atoms with Crippen LogP contribution >= 0.6 is 27.5 Å². The molecule has 2 unspecified atom stereocenters. The Morgan fingerprint density at radius 3 is 2.71 bits per heavy atom. The molecule has 0 spiro atoms. The van der Waals surface area contributed by atoms with Gasteiger partial charge >= 0.3 is 0 Å². The molecule has 21 heavy (non-hydrogen) atoms. The lowest BCUT2D eigenvalue weighted by Crippen LogP contribution is -2.34. The third-order valence-corrected chi connectivity index (χ3v) is 4.78. The molecule has 0 radical (unpaired) electrons. The average molecular weight is 369 g/mol. The Labute approximate surface area is 137 Å². The number of halogens is 3. The van der Waals surface area contributed by atoms with Gasteiger partial charge in [-0.05, 0) is 60.3 Å². The van der Waals surface area contributed by atoms with E-state index in [1.165, 1.54) is 11.6 Å². The summed E-state index contributed by atoms with van der Waals surface area (Å²) in [7, 11) is 0. The molecule has 0 bridgehead atoms. The third-order valence-electron chi connectivity index (χ3n) is 4.07. The molecule has 1 heterocycles. The van der Waals surface area contributed by atoms with E-state index in [4.69, 9.17) is 11.6 Å². The summed E-state index contributed by atoms with van der Waals surface area (Å²) in [5, 5.41) is 3.91. The van der Waals surface area contributed by atoms with E-state index in [1.807, 2.05) is 18.2 Å². The lowest BCUT2D eigenvalue weighted by Gasteiger charge is -2.33. The molecule has 1 aliphatic heterocycles. The molecule has 110 valence electrons. The van der Waals surface area contributed by atoms with Crippen molar-refractivity contribution in [3.8, 4) is 0 Å². The van der Waals surface area contributed by atoms with E-state index in [1.54, 1.807) is 6.07 Å². The molecule has 1 nitrogen and oxygen atoms in total. The number of piperidine rings is 1. The molecule has 1 aliphatic rings. The maximum Gasteiger partial charge on any atom is 0.124 e. The standard InChI is InChI=1S/C17H16BrClFN/c18-13-3-1-2-11(6-13)17-10-21-5-4-16(17)12-7-14(19)9-15(20)8-12/h1-3,6-9,16-17,21H,4-5,10H2. The monoisotopic (exact) mass is 367 g/mol. The summed E-state index contributed by atoms with van der Waals surface area (Å²) in [6.45, 7) is 1.85. The average Bonchev–Trinajstić information content (AvgIpc) is 2.46. The summed E-state index contributed by atoms with van der Waals surface area (Å²) in [5.41, 5.74) is 2.26. The van der Waals surface area contributed by atoms with Gasteiger partial charge in [0.15, 0.2) is 0 Å². The summed E-state index contributed by atoms with van der Waals surface area (Å²) in [6, 6.07) is 13.2. The highest BCUT2D eigenvalue weighted by molar-refractivity contribution is 9.10. The van der Waals surface area contributed by atoms with Gasteiger partial charge < -0.3 is 5.32 Å². The predicted octanol–water partition coefficient (Wildman–Crippen LogP) is 5.10. The number of hydrogen-bond acceptors (Lipinski definition) is 1. The molecule has 2 aromatic carbocycles. The Morgan fingerprint density at radius 1 is 1.10 bits per heavy atom. The smallest absolute Gasteiger partial charge is 0.124 e. The Balaban J connectivity index is 1.98. The number of benzene rings is 2. The highest BCUT2D eigenvalue weighted by Crippen LogP contribution is 2.39. The highest BCUT2D eigenvalue weighted by atomic mass is 79.9. The van der Waals surface area contributed by atoms with Crippen LogP contribution in [-0.2, 0) is 0 Å². The first-order valence-electron chi connectivity index (χ1n) is 7.05. The highest BCUT2D eigenvalue weighted by Gasteiger charge is 2.28. The Morgan fingerprint density at radius 2 is 1.95 bits per heavy atom. The molecule has 3 rings (SSSR count). The summed E-state index contributed by atoms with van der Waals surface area (Å²) in [4.78, 5) is 0. The van der Waals surface area contributed by atoms with Crippen LogP contribution in [-0.4, -0.2) is 13.1 Å². The zero-order valence-corrected chi connectivity index (χ0v) is 13.8.